The number of carbonyl (C=O) groups excluding carboxylic acids is 1. The van der Waals surface area contributed by atoms with Crippen LogP contribution in [0.5, 0.6) is 0 Å². The quantitative estimate of drug-likeness (QED) is 0.699. The minimum absolute atomic E-state index is 0.0950. The molecule has 0 bridgehead atoms. The summed E-state index contributed by atoms with van der Waals surface area (Å²) in [6.07, 6.45) is -1.99. The van der Waals surface area contributed by atoms with Gasteiger partial charge in [0.05, 0.1) is 5.69 Å². The first-order valence-corrected chi connectivity index (χ1v) is 10.4. The van der Waals surface area contributed by atoms with E-state index in [0.717, 1.165) is 16.9 Å². The summed E-state index contributed by atoms with van der Waals surface area (Å²) in [5.41, 5.74) is -0.659. The number of piperazine rings is 1. The van der Waals surface area contributed by atoms with Crippen LogP contribution in [0.1, 0.15) is 18.3 Å². The van der Waals surface area contributed by atoms with Gasteiger partial charge in [0.2, 0.25) is 15.9 Å². The average molecular weight is 434 g/mol. The average Bonchev–Trinajstić information content (AvgIpc) is 3.28. The Hall–Kier alpha value is -2.41. The number of halogens is 3. The van der Waals surface area contributed by atoms with Gasteiger partial charge in [0.1, 0.15) is 11.4 Å². The van der Waals surface area contributed by atoms with E-state index < -0.39 is 27.8 Å². The van der Waals surface area contributed by atoms with E-state index in [1.165, 1.54) is 15.4 Å². The Morgan fingerprint density at radius 2 is 1.79 bits per heavy atom. The second-order valence-corrected chi connectivity index (χ2v) is 8.52. The topological polar surface area (TPSA) is 93.3 Å². The Balaban J connectivity index is 1.61. The summed E-state index contributed by atoms with van der Waals surface area (Å²) in [4.78, 5) is 13.9. The second kappa shape index (κ2) is 7.78. The van der Waals surface area contributed by atoms with Gasteiger partial charge in [0.15, 0.2) is 5.69 Å². The lowest BCUT2D eigenvalue weighted by Crippen LogP contribution is -2.51. The van der Waals surface area contributed by atoms with Crippen LogP contribution in [-0.2, 0) is 34.1 Å². The molecule has 0 unspecified atom stereocenters. The highest BCUT2D eigenvalue weighted by molar-refractivity contribution is 7.89. The predicted octanol–water partition coefficient (Wildman–Crippen LogP) is 0.960. The van der Waals surface area contributed by atoms with Crippen LogP contribution in [0.2, 0.25) is 0 Å². The molecule has 13 heteroatoms. The van der Waals surface area contributed by atoms with E-state index in [1.807, 2.05) is 6.92 Å². The fourth-order valence-corrected chi connectivity index (χ4v) is 4.66. The van der Waals surface area contributed by atoms with Gasteiger partial charge in [-0.3, -0.25) is 14.2 Å². The largest absolute Gasteiger partial charge is 0.435 e. The third-order valence-electron chi connectivity index (χ3n) is 4.66. The van der Waals surface area contributed by atoms with E-state index >= 15 is 0 Å². The molecule has 3 rings (SSSR count). The molecule has 3 heterocycles. The molecule has 160 valence electrons. The zero-order chi connectivity index (χ0) is 21.4. The number of alkyl halides is 3. The second-order valence-electron chi connectivity index (χ2n) is 6.62. The highest BCUT2D eigenvalue weighted by Gasteiger charge is 2.35. The number of aromatic nitrogens is 4. The zero-order valence-electron chi connectivity index (χ0n) is 15.9. The Bertz CT molecular complexity index is 990. The smallest absolute Gasteiger partial charge is 0.338 e. The SMILES string of the molecule is CCn1cc(S(=O)(=O)N2CCN(C(=O)Cn3ccc(C(F)(F)F)n3)CC2)c(C)n1. The lowest BCUT2D eigenvalue weighted by atomic mass is 10.3. The molecule has 0 N–H and O–H groups in total. The molecule has 0 atom stereocenters. The van der Waals surface area contributed by atoms with Gasteiger partial charge in [-0.2, -0.15) is 27.7 Å². The number of aryl methyl sites for hydroxylation is 2. The first-order valence-electron chi connectivity index (χ1n) is 8.95. The van der Waals surface area contributed by atoms with Crippen molar-refractivity contribution in [2.24, 2.45) is 0 Å². The van der Waals surface area contributed by atoms with Gasteiger partial charge in [0, 0.05) is 45.1 Å². The summed E-state index contributed by atoms with van der Waals surface area (Å²) in [6.45, 7) is 4.16. The maximum absolute atomic E-state index is 12.9. The maximum atomic E-state index is 12.9. The van der Waals surface area contributed by atoms with Gasteiger partial charge in [-0.1, -0.05) is 0 Å². The summed E-state index contributed by atoms with van der Waals surface area (Å²) in [5, 5.41) is 7.51. The van der Waals surface area contributed by atoms with Crippen LogP contribution in [0.4, 0.5) is 13.2 Å². The van der Waals surface area contributed by atoms with Crippen molar-refractivity contribution in [1.29, 1.82) is 0 Å². The maximum Gasteiger partial charge on any atom is 0.435 e. The number of carbonyl (C=O) groups is 1. The van der Waals surface area contributed by atoms with Crippen molar-refractivity contribution in [1.82, 2.24) is 28.8 Å². The number of rotatable bonds is 5. The van der Waals surface area contributed by atoms with Crippen LogP contribution in [0, 0.1) is 6.92 Å². The monoisotopic (exact) mass is 434 g/mol. The third-order valence-corrected chi connectivity index (χ3v) is 6.66. The molecular weight excluding hydrogens is 413 g/mol. The van der Waals surface area contributed by atoms with Gasteiger partial charge in [-0.15, -0.1) is 0 Å². The number of sulfonamides is 1. The van der Waals surface area contributed by atoms with Crippen molar-refractivity contribution in [3.05, 3.63) is 29.8 Å². The fourth-order valence-electron chi connectivity index (χ4n) is 3.07. The fraction of sp³-hybridized carbons (Fsp3) is 0.562. The van der Waals surface area contributed by atoms with Gasteiger partial charge in [-0.05, 0) is 19.9 Å². The molecule has 0 aliphatic carbocycles. The molecular formula is C16H21F3N6O3S. The van der Waals surface area contributed by atoms with E-state index in [0.29, 0.717) is 12.2 Å². The molecule has 0 spiro atoms. The molecule has 2 aromatic rings. The Kier molecular flexibility index (Phi) is 5.72. The van der Waals surface area contributed by atoms with Gasteiger partial charge in [0.25, 0.3) is 0 Å². The van der Waals surface area contributed by atoms with E-state index in [4.69, 9.17) is 0 Å². The Labute approximate surface area is 165 Å². The van der Waals surface area contributed by atoms with Crippen molar-refractivity contribution < 1.29 is 26.4 Å². The summed E-state index contributed by atoms with van der Waals surface area (Å²) >= 11 is 0. The number of hydrogen-bond acceptors (Lipinski definition) is 5. The van der Waals surface area contributed by atoms with Gasteiger partial charge < -0.3 is 4.90 Å². The molecule has 0 radical (unpaired) electrons. The van der Waals surface area contributed by atoms with Crippen LogP contribution in [-0.4, -0.2) is 69.3 Å². The minimum atomic E-state index is -4.57. The van der Waals surface area contributed by atoms with E-state index in [1.54, 1.807) is 11.6 Å². The molecule has 1 saturated heterocycles. The van der Waals surface area contributed by atoms with E-state index in [-0.39, 0.29) is 37.6 Å². The van der Waals surface area contributed by atoms with Crippen molar-refractivity contribution in [3.63, 3.8) is 0 Å². The molecule has 1 aliphatic rings. The van der Waals surface area contributed by atoms with Crippen molar-refractivity contribution >= 4 is 15.9 Å². The summed E-state index contributed by atoms with van der Waals surface area (Å²) in [7, 11) is -3.73. The molecule has 1 amide bonds. The minimum Gasteiger partial charge on any atom is -0.338 e. The summed E-state index contributed by atoms with van der Waals surface area (Å²) in [5.74, 6) is -0.422. The Morgan fingerprint density at radius 1 is 1.14 bits per heavy atom. The summed E-state index contributed by atoms with van der Waals surface area (Å²) in [6, 6.07) is 0.802. The molecule has 0 aromatic carbocycles. The normalized spacial score (nSPS) is 16.4. The van der Waals surface area contributed by atoms with Crippen LogP contribution in [0.25, 0.3) is 0 Å². The first-order chi connectivity index (χ1) is 13.5. The lowest BCUT2D eigenvalue weighted by Gasteiger charge is -2.33. The third kappa shape index (κ3) is 4.45. The van der Waals surface area contributed by atoms with Crippen molar-refractivity contribution in [3.8, 4) is 0 Å². The van der Waals surface area contributed by atoms with Crippen LogP contribution in [0.15, 0.2) is 23.4 Å². The predicted molar refractivity (Wildman–Crippen MR) is 95.2 cm³/mol. The standard InChI is InChI=1S/C16H21F3N6O3S/c1-3-23-10-13(12(2)20-23)29(27,28)25-8-6-22(7-9-25)15(26)11-24-5-4-14(21-24)16(17,18)19/h4-5,10H,3,6-9,11H2,1-2H3. The van der Waals surface area contributed by atoms with E-state index in [2.05, 4.69) is 10.2 Å². The molecule has 0 saturated carbocycles. The van der Waals surface area contributed by atoms with Crippen LogP contribution in [0.3, 0.4) is 0 Å². The molecule has 9 nitrogen and oxygen atoms in total. The van der Waals surface area contributed by atoms with E-state index in [9.17, 15) is 26.4 Å². The number of hydrogen-bond donors (Lipinski definition) is 0. The van der Waals surface area contributed by atoms with Gasteiger partial charge in [-0.25, -0.2) is 8.42 Å². The molecule has 2 aromatic heterocycles. The first kappa shape index (κ1) is 21.3. The molecule has 1 aliphatic heterocycles. The highest BCUT2D eigenvalue weighted by Crippen LogP contribution is 2.27. The van der Waals surface area contributed by atoms with Crippen LogP contribution < -0.4 is 0 Å². The zero-order valence-corrected chi connectivity index (χ0v) is 16.7. The van der Waals surface area contributed by atoms with Crippen molar-refractivity contribution in [2.75, 3.05) is 26.2 Å². The summed E-state index contributed by atoms with van der Waals surface area (Å²) < 4.78 is 67.3. The van der Waals surface area contributed by atoms with Crippen LogP contribution >= 0.6 is 0 Å². The number of amides is 1. The lowest BCUT2D eigenvalue weighted by molar-refractivity contribution is -0.142. The van der Waals surface area contributed by atoms with Gasteiger partial charge >= 0.3 is 6.18 Å². The molecule has 1 fully saturated rings. The molecule has 29 heavy (non-hydrogen) atoms. The number of nitrogens with zero attached hydrogens (tertiary/aromatic N) is 6. The Morgan fingerprint density at radius 3 is 2.31 bits per heavy atom. The van der Waals surface area contributed by atoms with Crippen molar-refractivity contribution in [2.45, 2.75) is 38.0 Å². The highest BCUT2D eigenvalue weighted by atomic mass is 32.2.